The molecule has 4 aromatic carbocycles. The molecule has 2 amide bonds. The molecule has 0 aliphatic heterocycles. The van der Waals surface area contributed by atoms with Gasteiger partial charge in [0, 0.05) is 11.1 Å². The fourth-order valence-corrected chi connectivity index (χ4v) is 3.39. The van der Waals surface area contributed by atoms with E-state index in [2.05, 4.69) is 10.9 Å². The zero-order valence-electron chi connectivity index (χ0n) is 12.6. The van der Waals surface area contributed by atoms with Crippen molar-refractivity contribution in [1.82, 2.24) is 10.9 Å². The highest BCUT2D eigenvalue weighted by Crippen LogP contribution is 2.38. The minimum Gasteiger partial charge on any atom is -0.290 e. The van der Waals surface area contributed by atoms with E-state index in [-0.39, 0.29) is 11.8 Å². The van der Waals surface area contributed by atoms with Crippen LogP contribution in [0.1, 0.15) is 20.7 Å². The molecule has 0 saturated carbocycles. The molecule has 0 fully saturated rings. The lowest BCUT2D eigenvalue weighted by molar-refractivity contribution is 0.0947. The van der Waals surface area contributed by atoms with E-state index in [4.69, 9.17) is 11.7 Å². The molecule has 118 valence electrons. The van der Waals surface area contributed by atoms with E-state index in [1.807, 2.05) is 36.4 Å². The Labute approximate surface area is 136 Å². The maximum Gasteiger partial charge on any atom is 0.265 e. The van der Waals surface area contributed by atoms with Gasteiger partial charge >= 0.3 is 0 Å². The molecule has 0 aliphatic carbocycles. The van der Waals surface area contributed by atoms with Gasteiger partial charge in [0.1, 0.15) is 0 Å². The molecule has 4 aromatic rings. The van der Waals surface area contributed by atoms with Gasteiger partial charge in [-0.2, -0.15) is 0 Å². The van der Waals surface area contributed by atoms with Crippen molar-refractivity contribution < 1.29 is 9.59 Å². The number of rotatable bonds is 2. The third kappa shape index (κ3) is 1.84. The van der Waals surface area contributed by atoms with Crippen LogP contribution in [0.5, 0.6) is 0 Å². The largest absolute Gasteiger partial charge is 0.290 e. The molecule has 4 rings (SSSR count). The Morgan fingerprint density at radius 1 is 0.708 bits per heavy atom. The van der Waals surface area contributed by atoms with Crippen LogP contribution >= 0.6 is 0 Å². The summed E-state index contributed by atoms with van der Waals surface area (Å²) in [5, 5.41) is 5.16. The van der Waals surface area contributed by atoms with E-state index in [1.54, 1.807) is 12.1 Å². The fraction of sp³-hybridized carbons (Fsp3) is 0. The van der Waals surface area contributed by atoms with Crippen LogP contribution in [0.2, 0.25) is 0 Å². The van der Waals surface area contributed by atoms with Crippen LogP contribution in [0.15, 0.2) is 48.5 Å². The number of nitrogen functional groups attached to an aromatic ring is 2. The first-order valence-electron chi connectivity index (χ1n) is 7.38. The normalized spacial score (nSPS) is 11.2. The van der Waals surface area contributed by atoms with Gasteiger partial charge in [0.25, 0.3) is 11.8 Å². The summed E-state index contributed by atoms with van der Waals surface area (Å²) >= 11 is 0. The molecule has 0 aliphatic rings. The smallest absolute Gasteiger partial charge is 0.265 e. The van der Waals surface area contributed by atoms with Crippen molar-refractivity contribution in [1.29, 1.82) is 0 Å². The summed E-state index contributed by atoms with van der Waals surface area (Å²) in [6.07, 6.45) is 0. The second-order valence-corrected chi connectivity index (χ2v) is 5.60. The molecule has 6 heteroatoms. The van der Waals surface area contributed by atoms with Gasteiger partial charge in [-0.25, -0.2) is 11.7 Å². The van der Waals surface area contributed by atoms with Crippen molar-refractivity contribution in [3.05, 3.63) is 59.7 Å². The zero-order valence-corrected chi connectivity index (χ0v) is 12.6. The maximum atomic E-state index is 12.2. The molecular weight excluding hydrogens is 304 g/mol. The first kappa shape index (κ1) is 14.4. The molecule has 0 bridgehead atoms. The lowest BCUT2D eigenvalue weighted by Gasteiger charge is -2.16. The highest BCUT2D eigenvalue weighted by Gasteiger charge is 2.19. The molecular formula is C18H14N4O2. The Morgan fingerprint density at radius 3 is 1.50 bits per heavy atom. The SMILES string of the molecule is NNC(=O)c1cc2cccc3c(C(=O)NN)cc4cccc1c4c23. The molecule has 0 atom stereocenters. The summed E-state index contributed by atoms with van der Waals surface area (Å²) in [6.45, 7) is 0. The molecule has 0 aromatic heterocycles. The van der Waals surface area contributed by atoms with Crippen molar-refractivity contribution >= 4 is 44.1 Å². The van der Waals surface area contributed by atoms with Crippen LogP contribution < -0.4 is 22.5 Å². The standard InChI is InChI=1S/C18H14N4O2/c19-21-17(23)13-8-10-4-2-6-12-14(18(24)22-20)7-9-3-1-5-11(13)15(9)16(10)12/h1-8H,19-20H2,(H,21,23)(H,22,24). The molecule has 0 heterocycles. The van der Waals surface area contributed by atoms with Gasteiger partial charge in [0.15, 0.2) is 0 Å². The number of benzene rings is 4. The van der Waals surface area contributed by atoms with Crippen LogP contribution in [0.3, 0.4) is 0 Å². The first-order valence-corrected chi connectivity index (χ1v) is 7.38. The summed E-state index contributed by atoms with van der Waals surface area (Å²) in [5.74, 6) is 9.94. The Hall–Kier alpha value is -3.22. The van der Waals surface area contributed by atoms with Crippen LogP contribution in [0.25, 0.3) is 32.3 Å². The summed E-state index contributed by atoms with van der Waals surface area (Å²) in [4.78, 5) is 24.3. The predicted molar refractivity (Wildman–Crippen MR) is 93.5 cm³/mol. The topological polar surface area (TPSA) is 110 Å². The van der Waals surface area contributed by atoms with Gasteiger partial charge in [-0.15, -0.1) is 0 Å². The minimum absolute atomic E-state index is 0.353. The van der Waals surface area contributed by atoms with Crippen molar-refractivity contribution in [3.63, 3.8) is 0 Å². The Balaban J connectivity index is 2.27. The fourth-order valence-electron chi connectivity index (χ4n) is 3.39. The Kier molecular flexibility index (Phi) is 3.09. The maximum absolute atomic E-state index is 12.2. The van der Waals surface area contributed by atoms with Gasteiger partial charge in [0.2, 0.25) is 0 Å². The van der Waals surface area contributed by atoms with Crippen LogP contribution in [-0.2, 0) is 0 Å². The highest BCUT2D eigenvalue weighted by molar-refractivity contribution is 6.30. The molecule has 0 unspecified atom stereocenters. The monoisotopic (exact) mass is 318 g/mol. The number of hydrogen-bond acceptors (Lipinski definition) is 4. The lowest BCUT2D eigenvalue weighted by Crippen LogP contribution is -2.30. The van der Waals surface area contributed by atoms with Gasteiger partial charge in [-0.05, 0) is 44.5 Å². The minimum atomic E-state index is -0.353. The van der Waals surface area contributed by atoms with Gasteiger partial charge in [-0.1, -0.05) is 36.4 Å². The number of nitrogens with two attached hydrogens (primary N) is 2. The first-order chi connectivity index (χ1) is 11.7. The van der Waals surface area contributed by atoms with E-state index in [1.165, 1.54) is 0 Å². The second kappa shape index (κ2) is 5.16. The molecule has 6 N–H and O–H groups in total. The van der Waals surface area contributed by atoms with Gasteiger partial charge in [0.05, 0.1) is 0 Å². The van der Waals surface area contributed by atoms with Crippen LogP contribution in [-0.4, -0.2) is 11.8 Å². The summed E-state index contributed by atoms with van der Waals surface area (Å²) < 4.78 is 0. The number of carbonyl (C=O) groups is 2. The Morgan fingerprint density at radius 2 is 1.12 bits per heavy atom. The van der Waals surface area contributed by atoms with E-state index in [0.29, 0.717) is 11.1 Å². The third-order valence-electron chi connectivity index (χ3n) is 4.37. The number of hydrazine groups is 2. The average molecular weight is 318 g/mol. The van der Waals surface area contributed by atoms with E-state index < -0.39 is 0 Å². The number of carbonyl (C=O) groups excluding carboxylic acids is 2. The van der Waals surface area contributed by atoms with Crippen molar-refractivity contribution in [2.75, 3.05) is 0 Å². The van der Waals surface area contributed by atoms with E-state index in [9.17, 15) is 9.59 Å². The molecule has 0 saturated heterocycles. The van der Waals surface area contributed by atoms with Gasteiger partial charge < -0.3 is 0 Å². The van der Waals surface area contributed by atoms with E-state index in [0.717, 1.165) is 32.3 Å². The molecule has 6 nitrogen and oxygen atoms in total. The average Bonchev–Trinajstić information content (AvgIpc) is 2.64. The summed E-state index contributed by atoms with van der Waals surface area (Å²) in [7, 11) is 0. The molecule has 24 heavy (non-hydrogen) atoms. The van der Waals surface area contributed by atoms with E-state index >= 15 is 0 Å². The van der Waals surface area contributed by atoms with Crippen LogP contribution in [0, 0.1) is 0 Å². The van der Waals surface area contributed by atoms with Gasteiger partial charge in [-0.3, -0.25) is 20.4 Å². The quantitative estimate of drug-likeness (QED) is 0.195. The third-order valence-corrected chi connectivity index (χ3v) is 4.37. The molecule has 0 spiro atoms. The number of hydrogen-bond donors (Lipinski definition) is 4. The van der Waals surface area contributed by atoms with Crippen molar-refractivity contribution in [2.24, 2.45) is 11.7 Å². The van der Waals surface area contributed by atoms with Crippen molar-refractivity contribution in [3.8, 4) is 0 Å². The number of amides is 2. The molecule has 0 radical (unpaired) electrons. The highest BCUT2D eigenvalue weighted by atomic mass is 16.2. The Bertz CT molecular complexity index is 1030. The predicted octanol–water partition coefficient (Wildman–Crippen LogP) is 1.79. The zero-order chi connectivity index (χ0) is 16.8. The second-order valence-electron chi connectivity index (χ2n) is 5.60. The lowest BCUT2D eigenvalue weighted by atomic mass is 9.88. The number of nitrogens with one attached hydrogen (secondary N) is 2. The van der Waals surface area contributed by atoms with Crippen LogP contribution in [0.4, 0.5) is 0 Å². The summed E-state index contributed by atoms with van der Waals surface area (Å²) in [6, 6.07) is 14.8. The summed E-state index contributed by atoms with van der Waals surface area (Å²) in [5.41, 5.74) is 5.38. The van der Waals surface area contributed by atoms with Crippen molar-refractivity contribution in [2.45, 2.75) is 0 Å².